The third kappa shape index (κ3) is 3.76. The zero-order chi connectivity index (χ0) is 19.5. The molecule has 1 atom stereocenters. The topological polar surface area (TPSA) is 84.5 Å². The maximum Gasteiger partial charge on any atom is 0.420 e. The van der Waals surface area contributed by atoms with Crippen LogP contribution in [0.5, 0.6) is 0 Å². The molecule has 7 heteroatoms. The number of rotatable bonds is 6. The minimum atomic E-state index is -0.834. The maximum absolute atomic E-state index is 12.2. The number of carbonyl (C=O) groups is 1. The zero-order valence-corrected chi connectivity index (χ0v) is 15.7. The van der Waals surface area contributed by atoms with Crippen LogP contribution in [0.4, 0.5) is 0 Å². The van der Waals surface area contributed by atoms with E-state index < -0.39 is 11.9 Å². The van der Waals surface area contributed by atoms with Gasteiger partial charge in [0.2, 0.25) is 5.91 Å². The summed E-state index contributed by atoms with van der Waals surface area (Å²) in [5, 5.41) is 15.0. The van der Waals surface area contributed by atoms with E-state index in [0.29, 0.717) is 16.7 Å². The normalized spacial score (nSPS) is 12.2. The maximum atomic E-state index is 12.2. The summed E-state index contributed by atoms with van der Waals surface area (Å²) in [5.41, 5.74) is 2.80. The Balaban J connectivity index is 1.38. The lowest BCUT2D eigenvalue weighted by molar-refractivity contribution is -0.122. The quantitative estimate of drug-likeness (QED) is 0.526. The van der Waals surface area contributed by atoms with Gasteiger partial charge in [0.25, 0.3) is 0 Å². The summed E-state index contributed by atoms with van der Waals surface area (Å²) in [6, 6.07) is 18.6. The molecule has 0 aliphatic carbocycles. The molecule has 1 amide bonds. The highest BCUT2D eigenvalue weighted by molar-refractivity contribution is 7.13. The first kappa shape index (κ1) is 18.2. The molecule has 0 saturated carbocycles. The van der Waals surface area contributed by atoms with Crippen molar-refractivity contribution in [3.63, 3.8) is 0 Å². The number of amides is 1. The lowest BCUT2D eigenvalue weighted by Gasteiger charge is -2.13. The molecular weight excluding hydrogens is 376 g/mol. The molecular formula is C21H18N2O4S. The Kier molecular flexibility index (Phi) is 5.10. The summed E-state index contributed by atoms with van der Waals surface area (Å²) in [6.45, 7) is -0.110. The first-order valence-corrected chi connectivity index (χ1v) is 9.67. The SMILES string of the molecule is O=C(Cn1c(=O)oc2ccccc21)NCC(O)c1ccc(-c2cccs2)cc1. The van der Waals surface area contributed by atoms with Gasteiger partial charge in [0.15, 0.2) is 5.58 Å². The Morgan fingerprint density at radius 1 is 1.11 bits per heavy atom. The number of para-hydroxylation sites is 2. The summed E-state index contributed by atoms with van der Waals surface area (Å²) in [7, 11) is 0. The van der Waals surface area contributed by atoms with Crippen molar-refractivity contribution in [3.8, 4) is 10.4 Å². The Morgan fingerprint density at radius 2 is 1.89 bits per heavy atom. The molecule has 0 saturated heterocycles. The predicted octanol–water partition coefficient (Wildman–Crippen LogP) is 3.17. The summed E-state index contributed by atoms with van der Waals surface area (Å²) in [6.07, 6.45) is -0.834. The van der Waals surface area contributed by atoms with Crippen molar-refractivity contribution in [1.82, 2.24) is 9.88 Å². The molecule has 0 spiro atoms. The fraction of sp³-hybridized carbons (Fsp3) is 0.143. The molecule has 2 heterocycles. The first-order valence-electron chi connectivity index (χ1n) is 8.79. The van der Waals surface area contributed by atoms with Gasteiger partial charge < -0.3 is 14.8 Å². The fourth-order valence-electron chi connectivity index (χ4n) is 3.00. The van der Waals surface area contributed by atoms with Gasteiger partial charge in [-0.25, -0.2) is 4.79 Å². The van der Waals surface area contributed by atoms with Crippen LogP contribution in [0.3, 0.4) is 0 Å². The predicted molar refractivity (Wildman–Crippen MR) is 108 cm³/mol. The number of hydrogen-bond donors (Lipinski definition) is 2. The number of nitrogens with zero attached hydrogens (tertiary/aromatic N) is 1. The van der Waals surface area contributed by atoms with Crippen LogP contribution < -0.4 is 11.1 Å². The van der Waals surface area contributed by atoms with E-state index in [9.17, 15) is 14.7 Å². The third-order valence-corrected chi connectivity index (χ3v) is 5.39. The first-order chi connectivity index (χ1) is 13.6. The molecule has 0 aliphatic heterocycles. The fourth-order valence-corrected chi connectivity index (χ4v) is 3.74. The Hall–Kier alpha value is -3.16. The van der Waals surface area contributed by atoms with Crippen LogP contribution in [0.1, 0.15) is 11.7 Å². The molecule has 4 rings (SSSR count). The number of hydrogen-bond acceptors (Lipinski definition) is 5. The molecule has 0 aliphatic rings. The van der Waals surface area contributed by atoms with Crippen LogP contribution in [0.2, 0.25) is 0 Å². The summed E-state index contributed by atoms with van der Waals surface area (Å²) >= 11 is 1.65. The highest BCUT2D eigenvalue weighted by Crippen LogP contribution is 2.25. The minimum Gasteiger partial charge on any atom is -0.408 e. The highest BCUT2D eigenvalue weighted by atomic mass is 32.1. The standard InChI is InChI=1S/C21H18N2O4S/c24-17(14-7-9-15(10-8-14)19-6-3-11-28-19)12-22-20(25)13-23-16-4-1-2-5-18(16)27-21(23)26/h1-11,17,24H,12-13H2,(H,22,25). The molecule has 6 nitrogen and oxygen atoms in total. The molecule has 0 bridgehead atoms. The van der Waals surface area contributed by atoms with Crippen LogP contribution in [-0.4, -0.2) is 22.1 Å². The number of aliphatic hydroxyl groups excluding tert-OH is 1. The number of thiophene rings is 1. The van der Waals surface area contributed by atoms with Crippen LogP contribution >= 0.6 is 11.3 Å². The molecule has 1 unspecified atom stereocenters. The van der Waals surface area contributed by atoms with E-state index in [1.165, 1.54) is 4.57 Å². The van der Waals surface area contributed by atoms with E-state index in [2.05, 4.69) is 5.32 Å². The van der Waals surface area contributed by atoms with Crippen molar-refractivity contribution in [2.45, 2.75) is 12.6 Å². The Bertz CT molecular complexity index is 1140. The van der Waals surface area contributed by atoms with Crippen molar-refractivity contribution >= 4 is 28.3 Å². The zero-order valence-electron chi connectivity index (χ0n) is 14.9. The monoisotopic (exact) mass is 394 g/mol. The molecule has 0 radical (unpaired) electrons. The molecule has 2 aromatic heterocycles. The van der Waals surface area contributed by atoms with Gasteiger partial charge in [-0.15, -0.1) is 11.3 Å². The van der Waals surface area contributed by atoms with Gasteiger partial charge in [0.1, 0.15) is 6.54 Å². The smallest absolute Gasteiger partial charge is 0.408 e. The van der Waals surface area contributed by atoms with Crippen LogP contribution in [0.25, 0.3) is 21.5 Å². The van der Waals surface area contributed by atoms with Gasteiger partial charge in [0, 0.05) is 11.4 Å². The molecule has 28 heavy (non-hydrogen) atoms. The van der Waals surface area contributed by atoms with E-state index in [4.69, 9.17) is 4.42 Å². The summed E-state index contributed by atoms with van der Waals surface area (Å²) < 4.78 is 6.39. The largest absolute Gasteiger partial charge is 0.420 e. The minimum absolute atomic E-state index is 0.0573. The van der Waals surface area contributed by atoms with E-state index in [-0.39, 0.29) is 19.0 Å². The van der Waals surface area contributed by atoms with Gasteiger partial charge in [0.05, 0.1) is 11.6 Å². The summed E-state index contributed by atoms with van der Waals surface area (Å²) in [4.78, 5) is 25.3. The number of aromatic nitrogens is 1. The Morgan fingerprint density at radius 3 is 2.64 bits per heavy atom. The summed E-state index contributed by atoms with van der Waals surface area (Å²) in [5.74, 6) is -0.955. The van der Waals surface area contributed by atoms with Gasteiger partial charge in [-0.1, -0.05) is 42.5 Å². The van der Waals surface area contributed by atoms with Crippen molar-refractivity contribution in [2.24, 2.45) is 0 Å². The highest BCUT2D eigenvalue weighted by Gasteiger charge is 2.14. The molecule has 4 aromatic rings. The number of fused-ring (bicyclic) bond motifs is 1. The number of oxazole rings is 1. The van der Waals surface area contributed by atoms with E-state index in [0.717, 1.165) is 10.4 Å². The van der Waals surface area contributed by atoms with Gasteiger partial charge in [-0.05, 0) is 34.7 Å². The second kappa shape index (κ2) is 7.84. The van der Waals surface area contributed by atoms with E-state index in [1.807, 2.05) is 41.8 Å². The van der Waals surface area contributed by atoms with Crippen molar-refractivity contribution in [2.75, 3.05) is 6.54 Å². The van der Waals surface area contributed by atoms with E-state index >= 15 is 0 Å². The van der Waals surface area contributed by atoms with Crippen molar-refractivity contribution in [3.05, 3.63) is 82.2 Å². The average molecular weight is 394 g/mol. The average Bonchev–Trinajstić information content (AvgIpc) is 3.35. The lowest BCUT2D eigenvalue weighted by atomic mass is 10.1. The second-order valence-electron chi connectivity index (χ2n) is 6.34. The van der Waals surface area contributed by atoms with Gasteiger partial charge in [-0.2, -0.15) is 0 Å². The van der Waals surface area contributed by atoms with Crippen molar-refractivity contribution in [1.29, 1.82) is 0 Å². The molecule has 2 N–H and O–H groups in total. The van der Waals surface area contributed by atoms with Gasteiger partial charge in [-0.3, -0.25) is 9.36 Å². The molecule has 0 fully saturated rings. The lowest BCUT2D eigenvalue weighted by Crippen LogP contribution is -2.33. The van der Waals surface area contributed by atoms with E-state index in [1.54, 1.807) is 35.6 Å². The van der Waals surface area contributed by atoms with Gasteiger partial charge >= 0.3 is 5.76 Å². The number of nitrogens with one attached hydrogen (secondary N) is 1. The van der Waals surface area contributed by atoms with Crippen molar-refractivity contribution < 1.29 is 14.3 Å². The molecule has 142 valence electrons. The molecule has 2 aromatic carbocycles. The van der Waals surface area contributed by atoms with Crippen LogP contribution in [-0.2, 0) is 11.3 Å². The third-order valence-electron chi connectivity index (χ3n) is 4.47. The van der Waals surface area contributed by atoms with Crippen LogP contribution in [0.15, 0.2) is 75.3 Å². The second-order valence-corrected chi connectivity index (χ2v) is 7.29. The van der Waals surface area contributed by atoms with Crippen LogP contribution in [0, 0.1) is 0 Å². The number of aliphatic hydroxyl groups is 1. The number of carbonyl (C=O) groups excluding carboxylic acids is 1. The Labute approximate surface area is 164 Å². The number of benzene rings is 2.